The summed E-state index contributed by atoms with van der Waals surface area (Å²) in [5, 5.41) is 1.70. The topological polar surface area (TPSA) is 86.8 Å². The Morgan fingerprint density at radius 1 is 1.15 bits per heavy atom. The van der Waals surface area contributed by atoms with Gasteiger partial charge < -0.3 is 10.2 Å². The summed E-state index contributed by atoms with van der Waals surface area (Å²) in [4.78, 5) is 26.3. The van der Waals surface area contributed by atoms with Gasteiger partial charge in [0.2, 0.25) is 21.8 Å². The number of carbonyl (C=O) groups is 2. The van der Waals surface area contributed by atoms with Crippen molar-refractivity contribution in [1.82, 2.24) is 10.2 Å². The zero-order valence-corrected chi connectivity index (χ0v) is 19.9. The van der Waals surface area contributed by atoms with Gasteiger partial charge in [0.1, 0.15) is 18.4 Å². The number of sulfonamides is 1. The molecule has 0 aliphatic heterocycles. The number of hydrogen-bond acceptors (Lipinski definition) is 4. The number of halogens is 5. The fraction of sp³-hybridized carbons (Fsp3) is 0.333. The standard InChI is InChI=1S/C21H22ClF4N3O4S/c1-13(20(31)27-2)28(11-14-6-4-5-7-18(14)23)19(30)12-29(34(3,32)33)15-8-9-17(22)16(10-15)21(24,25)26/h4-10,13H,11-12H2,1-3H3,(H,27,31)/t13-/m0/s1. The van der Waals surface area contributed by atoms with Crippen LogP contribution in [0.4, 0.5) is 23.2 Å². The second kappa shape index (κ2) is 10.6. The highest BCUT2D eigenvalue weighted by Gasteiger charge is 2.35. The molecule has 7 nitrogen and oxygen atoms in total. The molecule has 0 saturated carbocycles. The summed E-state index contributed by atoms with van der Waals surface area (Å²) in [6, 6.07) is 6.74. The van der Waals surface area contributed by atoms with Crippen LogP contribution in [0.15, 0.2) is 42.5 Å². The van der Waals surface area contributed by atoms with Crippen molar-refractivity contribution in [3.63, 3.8) is 0 Å². The van der Waals surface area contributed by atoms with E-state index in [9.17, 15) is 35.6 Å². The van der Waals surface area contributed by atoms with E-state index >= 15 is 0 Å². The van der Waals surface area contributed by atoms with Gasteiger partial charge in [-0.05, 0) is 31.2 Å². The van der Waals surface area contributed by atoms with E-state index in [0.29, 0.717) is 16.6 Å². The molecule has 1 atom stereocenters. The Bertz CT molecular complexity index is 1170. The number of likely N-dealkylation sites (N-methyl/N-ethyl adjacent to an activating group) is 1. The summed E-state index contributed by atoms with van der Waals surface area (Å²) in [7, 11) is -2.93. The van der Waals surface area contributed by atoms with Crippen LogP contribution in [0.5, 0.6) is 0 Å². The van der Waals surface area contributed by atoms with Crippen LogP contribution < -0.4 is 9.62 Å². The number of hydrogen-bond donors (Lipinski definition) is 1. The summed E-state index contributed by atoms with van der Waals surface area (Å²) in [6.45, 7) is 0.0338. The zero-order chi connectivity index (χ0) is 25.8. The molecule has 0 aliphatic rings. The average Bonchev–Trinajstić information content (AvgIpc) is 2.74. The summed E-state index contributed by atoms with van der Waals surface area (Å²) >= 11 is 5.61. The molecule has 0 aliphatic carbocycles. The molecule has 0 bridgehead atoms. The van der Waals surface area contributed by atoms with Gasteiger partial charge in [0.25, 0.3) is 0 Å². The minimum atomic E-state index is -4.87. The molecule has 34 heavy (non-hydrogen) atoms. The summed E-state index contributed by atoms with van der Waals surface area (Å²) < 4.78 is 79.3. The van der Waals surface area contributed by atoms with E-state index in [-0.39, 0.29) is 12.1 Å². The maximum Gasteiger partial charge on any atom is 0.417 e. The number of carbonyl (C=O) groups excluding carboxylic acids is 2. The number of amides is 2. The SMILES string of the molecule is CNC(=O)[C@H](C)N(Cc1ccccc1F)C(=O)CN(c1ccc(Cl)c(C(F)(F)F)c1)S(C)(=O)=O. The van der Waals surface area contributed by atoms with Crippen molar-refractivity contribution in [3.05, 3.63) is 64.4 Å². The quantitative estimate of drug-likeness (QED) is 0.537. The number of rotatable bonds is 8. The Labute approximate surface area is 199 Å². The molecule has 0 unspecified atom stereocenters. The maximum absolute atomic E-state index is 14.2. The highest BCUT2D eigenvalue weighted by Crippen LogP contribution is 2.37. The van der Waals surface area contributed by atoms with E-state index in [1.54, 1.807) is 0 Å². The van der Waals surface area contributed by atoms with Crippen LogP contribution in [0.1, 0.15) is 18.1 Å². The van der Waals surface area contributed by atoms with E-state index in [0.717, 1.165) is 23.1 Å². The predicted octanol–water partition coefficient (Wildman–Crippen LogP) is 3.43. The van der Waals surface area contributed by atoms with Crippen LogP contribution in [0.25, 0.3) is 0 Å². The molecule has 2 rings (SSSR count). The second-order valence-electron chi connectivity index (χ2n) is 7.33. The molecule has 2 amide bonds. The molecule has 0 aromatic heterocycles. The van der Waals surface area contributed by atoms with Gasteiger partial charge in [-0.1, -0.05) is 29.8 Å². The van der Waals surface area contributed by atoms with Gasteiger partial charge in [-0.25, -0.2) is 12.8 Å². The number of benzene rings is 2. The fourth-order valence-corrected chi connectivity index (χ4v) is 4.17. The largest absolute Gasteiger partial charge is 0.417 e. The Morgan fingerprint density at radius 2 is 1.76 bits per heavy atom. The van der Waals surface area contributed by atoms with E-state index in [2.05, 4.69) is 5.32 Å². The van der Waals surface area contributed by atoms with Crippen LogP contribution in [-0.2, 0) is 32.3 Å². The molecule has 2 aromatic carbocycles. The third-order valence-corrected chi connectivity index (χ3v) is 6.40. The first-order chi connectivity index (χ1) is 15.7. The molecule has 0 saturated heterocycles. The molecule has 0 spiro atoms. The van der Waals surface area contributed by atoms with Crippen molar-refractivity contribution < 1.29 is 35.6 Å². The first kappa shape index (κ1) is 27.4. The molecule has 0 heterocycles. The molecular formula is C21H22ClF4N3O4S. The lowest BCUT2D eigenvalue weighted by Crippen LogP contribution is -2.50. The van der Waals surface area contributed by atoms with E-state index in [1.807, 2.05) is 0 Å². The van der Waals surface area contributed by atoms with Crippen molar-refractivity contribution in [1.29, 1.82) is 0 Å². The van der Waals surface area contributed by atoms with Crippen molar-refractivity contribution in [3.8, 4) is 0 Å². The van der Waals surface area contributed by atoms with Crippen molar-refractivity contribution >= 4 is 39.1 Å². The minimum Gasteiger partial charge on any atom is -0.357 e. The zero-order valence-electron chi connectivity index (χ0n) is 18.4. The summed E-state index contributed by atoms with van der Waals surface area (Å²) in [5.74, 6) is -2.20. The minimum absolute atomic E-state index is 0.0587. The number of nitrogens with zero attached hydrogens (tertiary/aromatic N) is 2. The van der Waals surface area contributed by atoms with Crippen molar-refractivity contribution in [2.45, 2.75) is 25.7 Å². The van der Waals surface area contributed by atoms with Gasteiger partial charge in [0.15, 0.2) is 0 Å². The second-order valence-corrected chi connectivity index (χ2v) is 9.65. The number of anilines is 1. The highest BCUT2D eigenvalue weighted by atomic mass is 35.5. The molecule has 13 heteroatoms. The van der Waals surface area contributed by atoms with Crippen LogP contribution in [-0.4, -0.2) is 51.0 Å². The summed E-state index contributed by atoms with van der Waals surface area (Å²) in [5.41, 5.74) is -1.68. The van der Waals surface area contributed by atoms with Crippen LogP contribution >= 0.6 is 11.6 Å². The van der Waals surface area contributed by atoms with E-state index in [4.69, 9.17) is 11.6 Å². The normalized spacial score (nSPS) is 12.7. The summed E-state index contributed by atoms with van der Waals surface area (Å²) in [6.07, 6.45) is -4.16. The monoisotopic (exact) mass is 523 g/mol. The van der Waals surface area contributed by atoms with Crippen LogP contribution in [0.3, 0.4) is 0 Å². The average molecular weight is 524 g/mol. The van der Waals surface area contributed by atoms with Gasteiger partial charge in [0.05, 0.1) is 22.5 Å². The molecule has 0 fully saturated rings. The van der Waals surface area contributed by atoms with Crippen LogP contribution in [0.2, 0.25) is 5.02 Å². The molecule has 186 valence electrons. The lowest BCUT2D eigenvalue weighted by atomic mass is 10.1. The molecule has 0 radical (unpaired) electrons. The van der Waals surface area contributed by atoms with Gasteiger partial charge in [-0.3, -0.25) is 13.9 Å². The Hall–Kier alpha value is -2.86. The van der Waals surface area contributed by atoms with Gasteiger partial charge in [0, 0.05) is 19.2 Å². The van der Waals surface area contributed by atoms with Gasteiger partial charge in [-0.15, -0.1) is 0 Å². The van der Waals surface area contributed by atoms with E-state index < -0.39 is 62.7 Å². The number of alkyl halides is 3. The van der Waals surface area contributed by atoms with E-state index in [1.165, 1.54) is 32.2 Å². The molecule has 1 N–H and O–H groups in total. The van der Waals surface area contributed by atoms with Gasteiger partial charge in [-0.2, -0.15) is 13.2 Å². The Balaban J connectivity index is 2.49. The first-order valence-electron chi connectivity index (χ1n) is 9.75. The van der Waals surface area contributed by atoms with Gasteiger partial charge >= 0.3 is 6.18 Å². The number of nitrogens with one attached hydrogen (secondary N) is 1. The van der Waals surface area contributed by atoms with Crippen LogP contribution in [0, 0.1) is 5.82 Å². The van der Waals surface area contributed by atoms with Crippen molar-refractivity contribution in [2.24, 2.45) is 0 Å². The highest BCUT2D eigenvalue weighted by molar-refractivity contribution is 7.92. The maximum atomic E-state index is 14.2. The smallest absolute Gasteiger partial charge is 0.357 e. The lowest BCUT2D eigenvalue weighted by molar-refractivity contribution is -0.139. The third-order valence-electron chi connectivity index (χ3n) is 4.93. The Kier molecular flexibility index (Phi) is 8.54. The first-order valence-corrected chi connectivity index (χ1v) is 12.0. The predicted molar refractivity (Wildman–Crippen MR) is 119 cm³/mol. The fourth-order valence-electron chi connectivity index (χ4n) is 3.10. The Morgan fingerprint density at radius 3 is 2.29 bits per heavy atom. The molecule has 2 aromatic rings. The molecular weight excluding hydrogens is 502 g/mol. The lowest BCUT2D eigenvalue weighted by Gasteiger charge is -2.31. The third kappa shape index (κ3) is 6.60. The van der Waals surface area contributed by atoms with Crippen molar-refractivity contribution in [2.75, 3.05) is 24.2 Å².